The Morgan fingerprint density at radius 3 is 2.67 bits per heavy atom. The third-order valence-electron chi connectivity index (χ3n) is 2.35. The van der Waals surface area contributed by atoms with Gasteiger partial charge in [-0.2, -0.15) is 0 Å². The molecule has 4 heteroatoms. The van der Waals surface area contributed by atoms with Gasteiger partial charge in [-0.15, -0.1) is 0 Å². The van der Waals surface area contributed by atoms with Crippen LogP contribution in [0.2, 0.25) is 5.02 Å². The number of phenols is 1. The van der Waals surface area contributed by atoms with Gasteiger partial charge in [0, 0.05) is 0 Å². The van der Waals surface area contributed by atoms with Crippen LogP contribution in [0.1, 0.15) is 30.4 Å². The number of aliphatic carboxylic acids is 1. The lowest BCUT2D eigenvalue weighted by atomic mass is 9.93. The molecule has 0 saturated heterocycles. The first-order chi connectivity index (χ1) is 6.91. The molecule has 0 heterocycles. The van der Waals surface area contributed by atoms with E-state index in [4.69, 9.17) is 16.7 Å². The van der Waals surface area contributed by atoms with Crippen molar-refractivity contribution in [3.05, 3.63) is 28.3 Å². The van der Waals surface area contributed by atoms with Crippen LogP contribution in [-0.2, 0) is 4.79 Å². The molecular formula is C11H13ClO3. The molecule has 0 aromatic heterocycles. The highest BCUT2D eigenvalue weighted by Crippen LogP contribution is 2.31. The third kappa shape index (κ3) is 2.86. The first kappa shape index (κ1) is 11.9. The fourth-order valence-corrected chi connectivity index (χ4v) is 1.76. The summed E-state index contributed by atoms with van der Waals surface area (Å²) in [6.07, 6.45) is 0.0575. The van der Waals surface area contributed by atoms with E-state index >= 15 is 0 Å². The second-order valence-electron chi connectivity index (χ2n) is 3.66. The Bertz CT molecular complexity index is 388. The molecule has 0 fully saturated rings. The van der Waals surface area contributed by atoms with Gasteiger partial charge in [0.15, 0.2) is 0 Å². The third-order valence-corrected chi connectivity index (χ3v) is 2.65. The second kappa shape index (κ2) is 4.53. The summed E-state index contributed by atoms with van der Waals surface area (Å²) in [6.45, 7) is 3.65. The van der Waals surface area contributed by atoms with Crippen molar-refractivity contribution in [3.63, 3.8) is 0 Å². The molecule has 1 aromatic carbocycles. The quantitative estimate of drug-likeness (QED) is 0.836. The maximum Gasteiger partial charge on any atom is 0.303 e. The molecular weight excluding hydrogens is 216 g/mol. The molecule has 1 atom stereocenters. The zero-order chi connectivity index (χ0) is 11.6. The van der Waals surface area contributed by atoms with Crippen molar-refractivity contribution >= 4 is 17.6 Å². The lowest BCUT2D eigenvalue weighted by Crippen LogP contribution is -2.04. The van der Waals surface area contributed by atoms with E-state index in [9.17, 15) is 9.90 Å². The maximum absolute atomic E-state index is 10.6. The Hall–Kier alpha value is -1.22. The zero-order valence-corrected chi connectivity index (χ0v) is 9.38. The SMILES string of the molecule is Cc1cc(O)c(Cl)cc1C(C)CC(=O)O. The first-order valence-electron chi connectivity index (χ1n) is 4.62. The van der Waals surface area contributed by atoms with Crippen LogP contribution in [0.15, 0.2) is 12.1 Å². The van der Waals surface area contributed by atoms with Crippen LogP contribution in [-0.4, -0.2) is 16.2 Å². The smallest absolute Gasteiger partial charge is 0.303 e. The van der Waals surface area contributed by atoms with Crippen LogP contribution in [0.25, 0.3) is 0 Å². The van der Waals surface area contributed by atoms with E-state index in [0.29, 0.717) is 0 Å². The lowest BCUT2D eigenvalue weighted by molar-refractivity contribution is -0.137. The van der Waals surface area contributed by atoms with Crippen LogP contribution in [0.4, 0.5) is 0 Å². The molecule has 1 unspecified atom stereocenters. The van der Waals surface area contributed by atoms with Crippen LogP contribution in [0, 0.1) is 6.92 Å². The predicted molar refractivity (Wildman–Crippen MR) is 58.5 cm³/mol. The molecule has 82 valence electrons. The van der Waals surface area contributed by atoms with Crippen LogP contribution >= 0.6 is 11.6 Å². The minimum absolute atomic E-state index is 0.0282. The molecule has 1 aromatic rings. The molecule has 2 N–H and O–H groups in total. The number of hydrogen-bond donors (Lipinski definition) is 2. The molecule has 0 aliphatic heterocycles. The van der Waals surface area contributed by atoms with Crippen molar-refractivity contribution in [3.8, 4) is 5.75 Å². The van der Waals surface area contributed by atoms with Crippen LogP contribution in [0.3, 0.4) is 0 Å². The lowest BCUT2D eigenvalue weighted by Gasteiger charge is -2.13. The molecule has 3 nitrogen and oxygen atoms in total. The summed E-state index contributed by atoms with van der Waals surface area (Å²) < 4.78 is 0. The van der Waals surface area contributed by atoms with Crippen LogP contribution < -0.4 is 0 Å². The number of phenolic OH excluding ortho intramolecular Hbond substituents is 1. The van der Waals surface area contributed by atoms with Crippen molar-refractivity contribution < 1.29 is 15.0 Å². The number of carbonyl (C=O) groups is 1. The Morgan fingerprint density at radius 1 is 1.53 bits per heavy atom. The Kier molecular flexibility index (Phi) is 3.58. The van der Waals surface area contributed by atoms with E-state index in [2.05, 4.69) is 0 Å². The van der Waals surface area contributed by atoms with Crippen molar-refractivity contribution in [2.45, 2.75) is 26.2 Å². The van der Waals surface area contributed by atoms with Gasteiger partial charge in [-0.05, 0) is 36.1 Å². The standard InChI is InChI=1S/C11H13ClO3/c1-6-3-10(13)9(12)5-8(6)7(2)4-11(14)15/h3,5,7,13H,4H2,1-2H3,(H,14,15). The monoisotopic (exact) mass is 228 g/mol. The maximum atomic E-state index is 10.6. The topological polar surface area (TPSA) is 57.5 Å². The summed E-state index contributed by atoms with van der Waals surface area (Å²) in [5, 5.41) is 18.3. The van der Waals surface area contributed by atoms with E-state index in [-0.39, 0.29) is 23.1 Å². The number of carboxylic acid groups (broad SMARTS) is 1. The fraction of sp³-hybridized carbons (Fsp3) is 0.364. The Labute approximate surface area is 93.3 Å². The molecule has 0 aliphatic carbocycles. The summed E-state index contributed by atoms with van der Waals surface area (Å²) in [6, 6.07) is 3.18. The molecule has 1 rings (SSSR count). The summed E-state index contributed by atoms with van der Waals surface area (Å²) in [5.74, 6) is -0.924. The summed E-state index contributed by atoms with van der Waals surface area (Å²) >= 11 is 5.77. The Morgan fingerprint density at radius 2 is 2.13 bits per heavy atom. The number of rotatable bonds is 3. The Balaban J connectivity index is 3.03. The van der Waals surface area contributed by atoms with Gasteiger partial charge in [0.1, 0.15) is 5.75 Å². The van der Waals surface area contributed by atoms with Crippen molar-refractivity contribution in [1.29, 1.82) is 0 Å². The number of benzene rings is 1. The number of aromatic hydroxyl groups is 1. The molecule has 0 amide bonds. The number of hydrogen-bond acceptors (Lipinski definition) is 2. The van der Waals surface area contributed by atoms with Gasteiger partial charge >= 0.3 is 5.97 Å². The van der Waals surface area contributed by atoms with E-state index < -0.39 is 5.97 Å². The minimum atomic E-state index is -0.842. The van der Waals surface area contributed by atoms with Gasteiger partial charge in [-0.25, -0.2) is 0 Å². The van der Waals surface area contributed by atoms with E-state index in [1.165, 1.54) is 0 Å². The summed E-state index contributed by atoms with van der Waals surface area (Å²) in [5.41, 5.74) is 1.71. The van der Waals surface area contributed by atoms with E-state index in [1.54, 1.807) is 12.1 Å². The minimum Gasteiger partial charge on any atom is -0.506 e. The van der Waals surface area contributed by atoms with Gasteiger partial charge in [-0.3, -0.25) is 4.79 Å². The largest absolute Gasteiger partial charge is 0.506 e. The van der Waals surface area contributed by atoms with Crippen LogP contribution in [0.5, 0.6) is 5.75 Å². The van der Waals surface area contributed by atoms with E-state index in [1.807, 2.05) is 13.8 Å². The number of carboxylic acids is 1. The molecule has 0 saturated carbocycles. The predicted octanol–water partition coefficient (Wildman–Crippen LogP) is 2.93. The average Bonchev–Trinajstić information content (AvgIpc) is 2.09. The molecule has 0 bridgehead atoms. The van der Waals surface area contributed by atoms with E-state index in [0.717, 1.165) is 11.1 Å². The number of aryl methyl sites for hydroxylation is 1. The molecule has 15 heavy (non-hydrogen) atoms. The highest BCUT2D eigenvalue weighted by atomic mass is 35.5. The highest BCUT2D eigenvalue weighted by Gasteiger charge is 2.14. The average molecular weight is 229 g/mol. The fourth-order valence-electron chi connectivity index (χ4n) is 1.58. The van der Waals surface area contributed by atoms with Gasteiger partial charge in [-0.1, -0.05) is 18.5 Å². The van der Waals surface area contributed by atoms with Crippen molar-refractivity contribution in [2.75, 3.05) is 0 Å². The normalized spacial score (nSPS) is 12.5. The zero-order valence-electron chi connectivity index (χ0n) is 8.62. The molecule has 0 spiro atoms. The van der Waals surface area contributed by atoms with Gasteiger partial charge in [0.05, 0.1) is 11.4 Å². The first-order valence-corrected chi connectivity index (χ1v) is 5.00. The molecule has 0 radical (unpaired) electrons. The number of halogens is 1. The van der Waals surface area contributed by atoms with Crippen molar-refractivity contribution in [2.24, 2.45) is 0 Å². The van der Waals surface area contributed by atoms with Gasteiger partial charge in [0.25, 0.3) is 0 Å². The second-order valence-corrected chi connectivity index (χ2v) is 4.07. The highest BCUT2D eigenvalue weighted by molar-refractivity contribution is 6.32. The molecule has 0 aliphatic rings. The summed E-state index contributed by atoms with van der Waals surface area (Å²) in [4.78, 5) is 10.6. The van der Waals surface area contributed by atoms with Crippen molar-refractivity contribution in [1.82, 2.24) is 0 Å². The summed E-state index contributed by atoms with van der Waals surface area (Å²) in [7, 11) is 0. The van der Waals surface area contributed by atoms with Gasteiger partial charge in [0.2, 0.25) is 0 Å². The van der Waals surface area contributed by atoms with Gasteiger partial charge < -0.3 is 10.2 Å².